The van der Waals surface area contributed by atoms with Crippen LogP contribution in [0.15, 0.2) is 70.6 Å². The van der Waals surface area contributed by atoms with E-state index in [9.17, 15) is 0 Å². The van der Waals surface area contributed by atoms with E-state index < -0.39 is 0 Å². The maximum absolute atomic E-state index is 4.83. The van der Waals surface area contributed by atoms with Crippen molar-refractivity contribution in [3.05, 3.63) is 68.1 Å². The monoisotopic (exact) mass is 423 g/mol. The van der Waals surface area contributed by atoms with Crippen molar-refractivity contribution in [2.45, 2.75) is 33.1 Å². The fourth-order valence-electron chi connectivity index (χ4n) is 2.98. The Morgan fingerprint density at radius 3 is 1.50 bits per heavy atom. The minimum absolute atomic E-state index is 0. The van der Waals surface area contributed by atoms with Crippen molar-refractivity contribution in [2.75, 3.05) is 13.2 Å². The fourth-order valence-corrected chi connectivity index (χ4v) is 2.98. The number of rotatable bonds is 6. The third-order valence-corrected chi connectivity index (χ3v) is 4.38. The predicted octanol–water partition coefficient (Wildman–Crippen LogP) is 6.70. The van der Waals surface area contributed by atoms with Crippen LogP contribution < -0.4 is 0 Å². The van der Waals surface area contributed by atoms with Crippen LogP contribution in [-0.2, 0) is 21.2 Å². The van der Waals surface area contributed by atoms with Crippen molar-refractivity contribution in [3.63, 3.8) is 0 Å². The fraction of sp³-hybridized carbons (Fsp3) is 0.375. The number of aliphatic imine (C=N–C) groups is 2. The van der Waals surface area contributed by atoms with E-state index in [-0.39, 0.29) is 23.9 Å². The van der Waals surface area contributed by atoms with Crippen LogP contribution in [0.25, 0.3) is 0 Å². The molecule has 0 bridgehead atoms. The van der Waals surface area contributed by atoms with Crippen molar-refractivity contribution in [1.82, 2.24) is 0 Å². The van der Waals surface area contributed by atoms with Gasteiger partial charge in [0.2, 0.25) is 0 Å². The Bertz CT molecular complexity index is 601. The van der Waals surface area contributed by atoms with E-state index in [0.717, 1.165) is 24.6 Å². The number of para-hydroxylation sites is 2. The summed E-state index contributed by atoms with van der Waals surface area (Å²) in [6.45, 7) is 5.67. The smallest absolute Gasteiger partial charge is 0.0625 e. The van der Waals surface area contributed by atoms with Crippen LogP contribution in [0.5, 0.6) is 0 Å². The molecule has 3 nitrogen and oxygen atoms in total. The van der Waals surface area contributed by atoms with Gasteiger partial charge in [-0.15, -0.1) is 0 Å². The maximum Gasteiger partial charge on any atom is 0.0625 e. The standard InChI is InChI=1S/C19H20N2.C4H10O.CH3.Ni/c1-3-10-18(11-4-1)20-14-16-8-7-9-17(16)15-21-19-12-5-2-6-13-19;1-3-5-4-2;;/h1-6,10-17H,7-9H2;3-4H2,1-2H3;1H3;/q;;-1;. The van der Waals surface area contributed by atoms with Crippen molar-refractivity contribution in [3.8, 4) is 0 Å². The molecular weight excluding hydrogens is 391 g/mol. The Morgan fingerprint density at radius 2 is 1.18 bits per heavy atom. The van der Waals surface area contributed by atoms with E-state index in [0.29, 0.717) is 11.8 Å². The van der Waals surface area contributed by atoms with E-state index in [1.54, 1.807) is 0 Å². The van der Waals surface area contributed by atoms with E-state index in [1.807, 2.05) is 74.5 Å². The molecular formula is C24H33N2NiO-. The van der Waals surface area contributed by atoms with Gasteiger partial charge in [0.15, 0.2) is 0 Å². The summed E-state index contributed by atoms with van der Waals surface area (Å²) in [5.74, 6) is 1.02. The van der Waals surface area contributed by atoms with E-state index in [4.69, 9.17) is 4.74 Å². The first-order valence-electron chi connectivity index (χ1n) is 9.59. The van der Waals surface area contributed by atoms with Crippen LogP contribution in [-0.4, -0.2) is 25.6 Å². The molecule has 0 N–H and O–H groups in total. The third kappa shape index (κ3) is 9.96. The second-order valence-corrected chi connectivity index (χ2v) is 6.27. The zero-order valence-corrected chi connectivity index (χ0v) is 18.2. The third-order valence-electron chi connectivity index (χ3n) is 4.38. The van der Waals surface area contributed by atoms with Gasteiger partial charge in [0.25, 0.3) is 0 Å². The number of ether oxygens (including phenoxy) is 1. The first-order chi connectivity index (χ1) is 12.8. The summed E-state index contributed by atoms with van der Waals surface area (Å²) >= 11 is 0. The van der Waals surface area contributed by atoms with Gasteiger partial charge < -0.3 is 12.2 Å². The molecule has 2 unspecified atom stereocenters. The minimum Gasteiger partial charge on any atom is -0.382 e. The van der Waals surface area contributed by atoms with Gasteiger partial charge in [0, 0.05) is 54.0 Å². The number of hydrogen-bond acceptors (Lipinski definition) is 3. The molecule has 2 aromatic rings. The number of benzene rings is 2. The molecule has 3 rings (SSSR count). The van der Waals surface area contributed by atoms with Crippen LogP contribution in [0.4, 0.5) is 11.4 Å². The average molecular weight is 424 g/mol. The van der Waals surface area contributed by atoms with E-state index in [2.05, 4.69) is 22.4 Å². The van der Waals surface area contributed by atoms with E-state index in [1.165, 1.54) is 19.3 Å². The zero-order valence-electron chi connectivity index (χ0n) is 17.2. The molecule has 0 aromatic heterocycles. The van der Waals surface area contributed by atoms with Crippen molar-refractivity contribution < 1.29 is 21.2 Å². The second-order valence-electron chi connectivity index (χ2n) is 6.27. The summed E-state index contributed by atoms with van der Waals surface area (Å²) in [6, 6.07) is 20.3. The topological polar surface area (TPSA) is 34.0 Å². The average Bonchev–Trinajstić information content (AvgIpc) is 3.15. The van der Waals surface area contributed by atoms with Gasteiger partial charge in [0.1, 0.15) is 0 Å². The van der Waals surface area contributed by atoms with Crippen LogP contribution in [0, 0.1) is 19.3 Å². The van der Waals surface area contributed by atoms with E-state index >= 15 is 0 Å². The summed E-state index contributed by atoms with van der Waals surface area (Å²) in [7, 11) is 0. The van der Waals surface area contributed by atoms with Crippen LogP contribution in [0.2, 0.25) is 0 Å². The van der Waals surface area contributed by atoms with Gasteiger partial charge in [0.05, 0.1) is 11.4 Å². The van der Waals surface area contributed by atoms with Crippen LogP contribution >= 0.6 is 0 Å². The molecule has 2 aromatic carbocycles. The summed E-state index contributed by atoms with van der Waals surface area (Å²) in [5.41, 5.74) is 2.06. The summed E-state index contributed by atoms with van der Waals surface area (Å²) in [5, 5.41) is 0. The predicted molar refractivity (Wildman–Crippen MR) is 119 cm³/mol. The Labute approximate surface area is 181 Å². The quantitative estimate of drug-likeness (QED) is 0.289. The molecule has 1 fully saturated rings. The molecule has 1 aliphatic rings. The van der Waals surface area contributed by atoms with Crippen molar-refractivity contribution >= 4 is 23.8 Å². The molecule has 2 atom stereocenters. The minimum atomic E-state index is 0. The van der Waals surface area contributed by atoms with Crippen molar-refractivity contribution in [2.24, 2.45) is 21.8 Å². The summed E-state index contributed by atoms with van der Waals surface area (Å²) < 4.78 is 4.83. The maximum atomic E-state index is 4.83. The van der Waals surface area contributed by atoms with Crippen molar-refractivity contribution in [1.29, 1.82) is 0 Å². The van der Waals surface area contributed by atoms with Gasteiger partial charge in [-0.25, -0.2) is 0 Å². The van der Waals surface area contributed by atoms with Crippen LogP contribution in [0.1, 0.15) is 33.1 Å². The Kier molecular flexibility index (Phi) is 15.2. The molecule has 156 valence electrons. The van der Waals surface area contributed by atoms with Gasteiger partial charge in [-0.05, 0) is 51.0 Å². The molecule has 0 saturated heterocycles. The normalized spacial score (nSPS) is 18.2. The summed E-state index contributed by atoms with van der Waals surface area (Å²) in [6.07, 6.45) is 7.91. The SMILES string of the molecule is C(=Nc1ccccc1)C1CCCC1C=Nc1ccccc1.CCOCC.[CH3-].[Ni]. The molecule has 28 heavy (non-hydrogen) atoms. The molecule has 1 saturated carbocycles. The van der Waals surface area contributed by atoms with Gasteiger partial charge in [-0.2, -0.15) is 0 Å². The molecule has 4 heteroatoms. The Morgan fingerprint density at radius 1 is 0.786 bits per heavy atom. The molecule has 0 radical (unpaired) electrons. The molecule has 1 aliphatic carbocycles. The molecule has 0 heterocycles. The second kappa shape index (κ2) is 16.2. The number of nitrogens with zero attached hydrogens (tertiary/aromatic N) is 2. The van der Waals surface area contributed by atoms with Gasteiger partial charge in [-0.1, -0.05) is 42.8 Å². The largest absolute Gasteiger partial charge is 0.382 e. The first-order valence-corrected chi connectivity index (χ1v) is 9.59. The van der Waals surface area contributed by atoms with Gasteiger partial charge >= 0.3 is 0 Å². The molecule has 0 amide bonds. The molecule has 0 aliphatic heterocycles. The zero-order chi connectivity index (χ0) is 18.5. The van der Waals surface area contributed by atoms with Gasteiger partial charge in [-0.3, -0.25) is 9.98 Å². The first kappa shape index (κ1) is 26.2. The Hall–Kier alpha value is -1.77. The summed E-state index contributed by atoms with van der Waals surface area (Å²) in [4.78, 5) is 9.21. The Balaban J connectivity index is 0.000000934. The van der Waals surface area contributed by atoms with Crippen LogP contribution in [0.3, 0.4) is 0 Å². The number of hydrogen-bond donors (Lipinski definition) is 0. The molecule has 0 spiro atoms.